The second-order valence-corrected chi connectivity index (χ2v) is 6.34. The maximum Gasteiger partial charge on any atom is 0.270 e. The van der Waals surface area contributed by atoms with Crippen molar-refractivity contribution in [2.24, 2.45) is 0 Å². The van der Waals surface area contributed by atoms with E-state index in [2.05, 4.69) is 15.9 Å². The van der Waals surface area contributed by atoms with Crippen LogP contribution in [0.15, 0.2) is 54.6 Å². The molecule has 0 N–H and O–H groups in total. The largest absolute Gasteiger partial charge is 0.492 e. The van der Waals surface area contributed by atoms with Crippen molar-refractivity contribution in [3.05, 3.63) is 70.3 Å². The smallest absolute Gasteiger partial charge is 0.270 e. The summed E-state index contributed by atoms with van der Waals surface area (Å²) in [6.45, 7) is 5.52. The maximum absolute atomic E-state index is 11.1. The van der Waals surface area contributed by atoms with E-state index in [0.717, 1.165) is 24.5 Å². The fourth-order valence-electron chi connectivity index (χ4n) is 3.38. The van der Waals surface area contributed by atoms with Crippen molar-refractivity contribution in [2.45, 2.75) is 6.92 Å². The van der Waals surface area contributed by atoms with Gasteiger partial charge in [-0.05, 0) is 19.1 Å². The molecule has 0 radical (unpaired) electrons. The molecule has 1 saturated heterocycles. The number of nitrogens with zero attached hydrogens (tertiary/aromatic N) is 4. The van der Waals surface area contributed by atoms with Crippen LogP contribution in [0.4, 0.5) is 11.4 Å². The number of anilines is 1. The lowest BCUT2D eigenvalue weighted by Gasteiger charge is -2.38. The highest BCUT2D eigenvalue weighted by Gasteiger charge is 2.22. The Morgan fingerprint density at radius 3 is 2.64 bits per heavy atom. The van der Waals surface area contributed by atoms with Gasteiger partial charge in [0.1, 0.15) is 5.75 Å². The number of hydrogen-bond acceptors (Lipinski definition) is 6. The molecule has 7 heteroatoms. The Bertz CT molecular complexity index is 912. The molecule has 0 aliphatic carbocycles. The van der Waals surface area contributed by atoms with Gasteiger partial charge in [-0.25, -0.2) is 0 Å². The summed E-state index contributed by atoms with van der Waals surface area (Å²) < 4.78 is 5.73. The first-order valence-corrected chi connectivity index (χ1v) is 9.20. The van der Waals surface area contributed by atoms with Crippen LogP contribution in [0.2, 0.25) is 0 Å². The van der Waals surface area contributed by atoms with E-state index in [0.29, 0.717) is 31.0 Å². The number of ether oxygens (including phenoxy) is 1. The van der Waals surface area contributed by atoms with Gasteiger partial charge in [0.15, 0.2) is 0 Å². The van der Waals surface area contributed by atoms with Gasteiger partial charge >= 0.3 is 0 Å². The third kappa shape index (κ3) is 4.23. The van der Waals surface area contributed by atoms with Gasteiger partial charge < -0.3 is 14.5 Å². The Kier molecular flexibility index (Phi) is 6.12. The number of para-hydroxylation sites is 2. The molecule has 7 nitrogen and oxygen atoms in total. The summed E-state index contributed by atoms with van der Waals surface area (Å²) in [5.41, 5.74) is 2.47. The average molecular weight is 378 g/mol. The molecule has 0 bridgehead atoms. The quantitative estimate of drug-likeness (QED) is 0.433. The Morgan fingerprint density at radius 2 is 1.96 bits per heavy atom. The fraction of sp³-hybridized carbons (Fsp3) is 0.286. The predicted octanol–water partition coefficient (Wildman–Crippen LogP) is 3.68. The molecule has 2 aromatic carbocycles. The van der Waals surface area contributed by atoms with Gasteiger partial charge in [-0.1, -0.05) is 24.3 Å². The predicted molar refractivity (Wildman–Crippen MR) is 108 cm³/mol. The zero-order valence-electron chi connectivity index (χ0n) is 15.7. The lowest BCUT2D eigenvalue weighted by atomic mass is 10.1. The molecule has 1 heterocycles. The van der Waals surface area contributed by atoms with Crippen LogP contribution in [0.1, 0.15) is 12.5 Å². The molecular weight excluding hydrogens is 356 g/mol. The summed E-state index contributed by atoms with van der Waals surface area (Å²) in [4.78, 5) is 15.0. The van der Waals surface area contributed by atoms with E-state index in [9.17, 15) is 15.4 Å². The molecule has 28 heavy (non-hydrogen) atoms. The standard InChI is InChI=1S/C21H22N4O3/c1-2-28-21-9-4-3-8-20(21)24-14-12-23(13-15-24)19(10-11-22)17-6-5-7-18(16-17)25(26)27/h3-10,16H,2,12-15H2,1H3/b19-10-. The van der Waals surface area contributed by atoms with Crippen molar-refractivity contribution < 1.29 is 9.66 Å². The Hall–Kier alpha value is -3.53. The lowest BCUT2D eigenvalue weighted by Crippen LogP contribution is -2.45. The Morgan fingerprint density at radius 1 is 1.21 bits per heavy atom. The van der Waals surface area contributed by atoms with Crippen molar-refractivity contribution >= 4 is 17.1 Å². The van der Waals surface area contributed by atoms with Crippen LogP contribution in [0.25, 0.3) is 5.70 Å². The third-order valence-electron chi connectivity index (χ3n) is 4.68. The van der Waals surface area contributed by atoms with Crippen molar-refractivity contribution in [3.8, 4) is 11.8 Å². The SMILES string of the molecule is CCOc1ccccc1N1CCN(/C(=C\C#N)c2cccc([N+](=O)[O-])c2)CC1. The number of allylic oxidation sites excluding steroid dienone is 1. The second kappa shape index (κ2) is 8.91. The lowest BCUT2D eigenvalue weighted by molar-refractivity contribution is -0.384. The number of nitro groups is 1. The van der Waals surface area contributed by atoms with Crippen LogP contribution in [0, 0.1) is 21.4 Å². The van der Waals surface area contributed by atoms with Gasteiger partial charge in [-0.15, -0.1) is 0 Å². The topological polar surface area (TPSA) is 82.6 Å². The van der Waals surface area contributed by atoms with Crippen LogP contribution >= 0.6 is 0 Å². The van der Waals surface area contributed by atoms with Crippen molar-refractivity contribution in [1.82, 2.24) is 4.90 Å². The number of non-ortho nitro benzene ring substituents is 1. The van der Waals surface area contributed by atoms with Gasteiger partial charge in [-0.2, -0.15) is 5.26 Å². The van der Waals surface area contributed by atoms with Gasteiger partial charge in [0, 0.05) is 50.0 Å². The molecule has 0 saturated carbocycles. The highest BCUT2D eigenvalue weighted by atomic mass is 16.6. The van der Waals surface area contributed by atoms with Crippen LogP contribution in [0.5, 0.6) is 5.75 Å². The highest BCUT2D eigenvalue weighted by Crippen LogP contribution is 2.30. The highest BCUT2D eigenvalue weighted by molar-refractivity contribution is 5.68. The first kappa shape index (κ1) is 19.2. The van der Waals surface area contributed by atoms with Crippen molar-refractivity contribution in [1.29, 1.82) is 5.26 Å². The van der Waals surface area contributed by atoms with Gasteiger partial charge in [-0.3, -0.25) is 10.1 Å². The van der Waals surface area contributed by atoms with Gasteiger partial charge in [0.25, 0.3) is 5.69 Å². The van der Waals surface area contributed by atoms with E-state index in [1.54, 1.807) is 12.1 Å². The summed E-state index contributed by atoms with van der Waals surface area (Å²) in [5.74, 6) is 0.866. The van der Waals surface area contributed by atoms with Crippen molar-refractivity contribution in [3.63, 3.8) is 0 Å². The number of rotatable bonds is 6. The van der Waals surface area contributed by atoms with Crippen LogP contribution in [0.3, 0.4) is 0 Å². The normalized spacial score (nSPS) is 14.5. The number of hydrogen-bond donors (Lipinski definition) is 0. The molecule has 0 unspecified atom stereocenters. The minimum atomic E-state index is -0.421. The number of nitriles is 1. The zero-order chi connectivity index (χ0) is 19.9. The first-order chi connectivity index (χ1) is 13.6. The van der Waals surface area contributed by atoms with E-state index in [4.69, 9.17) is 4.74 Å². The molecule has 144 valence electrons. The molecule has 0 aromatic heterocycles. The first-order valence-electron chi connectivity index (χ1n) is 9.20. The van der Waals surface area contributed by atoms with E-state index in [-0.39, 0.29) is 5.69 Å². The van der Waals surface area contributed by atoms with Crippen molar-refractivity contribution in [2.75, 3.05) is 37.7 Å². The monoisotopic (exact) mass is 378 g/mol. The molecule has 1 aliphatic heterocycles. The van der Waals surface area contributed by atoms with Gasteiger partial charge in [0.05, 0.1) is 29.0 Å². The minimum absolute atomic E-state index is 0.0191. The van der Waals surface area contributed by atoms with E-state index in [1.165, 1.54) is 18.2 Å². The molecule has 1 fully saturated rings. The fourth-order valence-corrected chi connectivity index (χ4v) is 3.38. The van der Waals surface area contributed by atoms with Crippen LogP contribution in [-0.2, 0) is 0 Å². The average Bonchev–Trinajstić information content (AvgIpc) is 2.73. The Labute approximate surface area is 164 Å². The molecule has 0 atom stereocenters. The molecule has 2 aromatic rings. The number of benzene rings is 2. The summed E-state index contributed by atoms with van der Waals surface area (Å²) >= 11 is 0. The number of piperazine rings is 1. The molecule has 3 rings (SSSR count). The van der Waals surface area contributed by atoms with Crippen LogP contribution < -0.4 is 9.64 Å². The molecule has 0 amide bonds. The Balaban J connectivity index is 1.77. The molecular formula is C21H22N4O3. The number of nitro benzene ring substituents is 1. The minimum Gasteiger partial charge on any atom is -0.492 e. The van der Waals surface area contributed by atoms with E-state index in [1.807, 2.05) is 31.2 Å². The summed E-state index contributed by atoms with van der Waals surface area (Å²) in [5, 5.41) is 20.3. The maximum atomic E-state index is 11.1. The van der Waals surface area contributed by atoms with Crippen LogP contribution in [-0.4, -0.2) is 42.6 Å². The molecule has 0 spiro atoms. The zero-order valence-corrected chi connectivity index (χ0v) is 15.7. The summed E-state index contributed by atoms with van der Waals surface area (Å²) in [6, 6.07) is 16.5. The van der Waals surface area contributed by atoms with Gasteiger partial charge in [0.2, 0.25) is 0 Å². The van der Waals surface area contributed by atoms with E-state index >= 15 is 0 Å². The third-order valence-corrected chi connectivity index (χ3v) is 4.68. The second-order valence-electron chi connectivity index (χ2n) is 6.34. The molecule has 1 aliphatic rings. The summed E-state index contributed by atoms with van der Waals surface area (Å²) in [6.07, 6.45) is 1.46. The summed E-state index contributed by atoms with van der Waals surface area (Å²) in [7, 11) is 0. The van der Waals surface area contributed by atoms with E-state index < -0.39 is 4.92 Å².